The van der Waals surface area contributed by atoms with E-state index >= 15 is 0 Å². The number of hydrogen-bond donors (Lipinski definition) is 2. The molecule has 0 saturated carbocycles. The lowest BCUT2D eigenvalue weighted by Crippen LogP contribution is -2.29. The van der Waals surface area contributed by atoms with Crippen molar-refractivity contribution >= 4 is 23.4 Å². The van der Waals surface area contributed by atoms with Crippen LogP contribution in [0.4, 0.5) is 10.1 Å². The molecule has 0 aromatic heterocycles. The van der Waals surface area contributed by atoms with Gasteiger partial charge in [-0.3, -0.25) is 4.79 Å². The number of nitrogens with one attached hydrogen (secondary N) is 2. The molecule has 1 rings (SSSR count). The molecule has 0 atom stereocenters. The Morgan fingerprint density at radius 3 is 2.94 bits per heavy atom. The number of carbonyl (C=O) groups is 1. The van der Waals surface area contributed by atoms with Crippen molar-refractivity contribution in [1.82, 2.24) is 5.32 Å². The SMILES string of the molecule is C#CCSCCNCC(=O)Nc1ccccc1F. The highest BCUT2D eigenvalue weighted by atomic mass is 32.2. The summed E-state index contributed by atoms with van der Waals surface area (Å²) in [6.45, 7) is 0.849. The lowest BCUT2D eigenvalue weighted by Gasteiger charge is -2.07. The Kier molecular flexibility index (Phi) is 6.92. The fourth-order valence-electron chi connectivity index (χ4n) is 1.23. The third-order valence-corrected chi connectivity index (χ3v) is 2.91. The van der Waals surface area contributed by atoms with Gasteiger partial charge >= 0.3 is 0 Å². The van der Waals surface area contributed by atoms with Crippen molar-refractivity contribution in [2.45, 2.75) is 0 Å². The maximum Gasteiger partial charge on any atom is 0.238 e. The molecule has 0 aliphatic rings. The lowest BCUT2D eigenvalue weighted by molar-refractivity contribution is -0.115. The van der Waals surface area contributed by atoms with Crippen LogP contribution in [-0.2, 0) is 4.79 Å². The van der Waals surface area contributed by atoms with E-state index in [1.165, 1.54) is 12.1 Å². The van der Waals surface area contributed by atoms with Crippen LogP contribution < -0.4 is 10.6 Å². The normalized spacial score (nSPS) is 9.78. The largest absolute Gasteiger partial charge is 0.322 e. The Morgan fingerprint density at radius 1 is 1.44 bits per heavy atom. The average Bonchev–Trinajstić information content (AvgIpc) is 2.36. The van der Waals surface area contributed by atoms with Crippen molar-refractivity contribution in [3.63, 3.8) is 0 Å². The van der Waals surface area contributed by atoms with Gasteiger partial charge in [-0.25, -0.2) is 4.39 Å². The van der Waals surface area contributed by atoms with Crippen LogP contribution in [0.25, 0.3) is 0 Å². The molecule has 2 N–H and O–H groups in total. The smallest absolute Gasteiger partial charge is 0.238 e. The molecule has 18 heavy (non-hydrogen) atoms. The third kappa shape index (κ3) is 5.71. The summed E-state index contributed by atoms with van der Waals surface area (Å²) in [4.78, 5) is 11.5. The van der Waals surface area contributed by atoms with Crippen LogP contribution in [0.5, 0.6) is 0 Å². The highest BCUT2D eigenvalue weighted by Crippen LogP contribution is 2.11. The maximum atomic E-state index is 13.2. The molecule has 96 valence electrons. The molecule has 0 heterocycles. The van der Waals surface area contributed by atoms with E-state index in [0.717, 1.165) is 5.75 Å². The molecule has 1 amide bonds. The molecule has 1 aromatic rings. The number of anilines is 1. The lowest BCUT2D eigenvalue weighted by atomic mass is 10.3. The number of carbonyl (C=O) groups excluding carboxylic acids is 1. The maximum absolute atomic E-state index is 13.2. The van der Waals surface area contributed by atoms with Gasteiger partial charge in [-0.2, -0.15) is 0 Å². The molecule has 0 aliphatic heterocycles. The van der Waals surface area contributed by atoms with Crippen LogP contribution >= 0.6 is 11.8 Å². The summed E-state index contributed by atoms with van der Waals surface area (Å²) in [5.41, 5.74) is 0.200. The van der Waals surface area contributed by atoms with E-state index in [9.17, 15) is 9.18 Å². The van der Waals surface area contributed by atoms with Gasteiger partial charge in [0.05, 0.1) is 18.0 Å². The summed E-state index contributed by atoms with van der Waals surface area (Å²) in [7, 11) is 0. The summed E-state index contributed by atoms with van der Waals surface area (Å²) in [6.07, 6.45) is 5.10. The van der Waals surface area contributed by atoms with E-state index < -0.39 is 5.82 Å². The number of hydrogen-bond acceptors (Lipinski definition) is 3. The predicted octanol–water partition coefficient (Wildman–Crippen LogP) is 1.72. The van der Waals surface area contributed by atoms with Gasteiger partial charge in [0.2, 0.25) is 5.91 Å². The molecular weight excluding hydrogens is 251 g/mol. The van der Waals surface area contributed by atoms with Gasteiger partial charge in [0.25, 0.3) is 0 Å². The highest BCUT2D eigenvalue weighted by molar-refractivity contribution is 7.99. The molecule has 0 saturated heterocycles. The third-order valence-electron chi connectivity index (χ3n) is 2.04. The minimum absolute atomic E-state index is 0.158. The first-order valence-corrected chi connectivity index (χ1v) is 6.66. The van der Waals surface area contributed by atoms with Crippen molar-refractivity contribution < 1.29 is 9.18 Å². The van der Waals surface area contributed by atoms with E-state index in [-0.39, 0.29) is 18.1 Å². The monoisotopic (exact) mass is 266 g/mol. The summed E-state index contributed by atoms with van der Waals surface area (Å²) >= 11 is 1.62. The number of rotatable bonds is 7. The summed E-state index contributed by atoms with van der Waals surface area (Å²) in [6, 6.07) is 6.07. The zero-order valence-corrected chi connectivity index (χ0v) is 10.7. The molecule has 0 aliphatic carbocycles. The van der Waals surface area contributed by atoms with Gasteiger partial charge in [-0.1, -0.05) is 18.1 Å². The highest BCUT2D eigenvalue weighted by Gasteiger charge is 2.05. The molecule has 0 unspecified atom stereocenters. The number of thioether (sulfide) groups is 1. The molecule has 1 aromatic carbocycles. The van der Waals surface area contributed by atoms with Crippen LogP contribution in [0, 0.1) is 18.2 Å². The van der Waals surface area contributed by atoms with E-state index in [2.05, 4.69) is 16.6 Å². The number of amides is 1. The Hall–Kier alpha value is -1.51. The molecule has 5 heteroatoms. The molecule has 0 fully saturated rings. The summed E-state index contributed by atoms with van der Waals surface area (Å²) in [5, 5.41) is 5.46. The second-order valence-electron chi connectivity index (χ2n) is 3.46. The molecule has 3 nitrogen and oxygen atoms in total. The van der Waals surface area contributed by atoms with Crippen LogP contribution in [0.2, 0.25) is 0 Å². The van der Waals surface area contributed by atoms with E-state index in [1.807, 2.05) is 0 Å². The van der Waals surface area contributed by atoms with Gasteiger partial charge < -0.3 is 10.6 Å². The molecule has 0 bridgehead atoms. The van der Waals surface area contributed by atoms with Crippen LogP contribution in [0.3, 0.4) is 0 Å². The fourth-order valence-corrected chi connectivity index (χ4v) is 1.79. The minimum atomic E-state index is -0.435. The number of benzene rings is 1. The van der Waals surface area contributed by atoms with Gasteiger partial charge in [0.1, 0.15) is 5.82 Å². The van der Waals surface area contributed by atoms with Gasteiger partial charge in [0.15, 0.2) is 0 Å². The Labute approximate surface area is 111 Å². The first kappa shape index (κ1) is 14.6. The zero-order chi connectivity index (χ0) is 13.2. The van der Waals surface area contributed by atoms with Gasteiger partial charge in [0, 0.05) is 12.3 Å². The number of halogens is 1. The van der Waals surface area contributed by atoms with Crippen molar-refractivity contribution in [2.75, 3.05) is 29.9 Å². The quantitative estimate of drug-likeness (QED) is 0.583. The molecule has 0 spiro atoms. The first-order valence-electron chi connectivity index (χ1n) is 5.50. The number of para-hydroxylation sites is 1. The average molecular weight is 266 g/mol. The summed E-state index contributed by atoms with van der Waals surface area (Å²) < 4.78 is 13.2. The number of terminal acetylenes is 1. The van der Waals surface area contributed by atoms with Crippen molar-refractivity contribution in [3.05, 3.63) is 30.1 Å². The van der Waals surface area contributed by atoms with Gasteiger partial charge in [-0.05, 0) is 12.1 Å². The van der Waals surface area contributed by atoms with Crippen LogP contribution in [0.15, 0.2) is 24.3 Å². The topological polar surface area (TPSA) is 41.1 Å². The minimum Gasteiger partial charge on any atom is -0.322 e. The van der Waals surface area contributed by atoms with E-state index in [0.29, 0.717) is 12.3 Å². The molecule has 0 radical (unpaired) electrons. The van der Waals surface area contributed by atoms with Gasteiger partial charge in [-0.15, -0.1) is 18.2 Å². The van der Waals surface area contributed by atoms with E-state index in [1.54, 1.807) is 23.9 Å². The van der Waals surface area contributed by atoms with Crippen molar-refractivity contribution in [1.29, 1.82) is 0 Å². The zero-order valence-electron chi connectivity index (χ0n) is 9.91. The molecular formula is C13H15FN2OS. The standard InChI is InChI=1S/C13H15FN2OS/c1-2-8-18-9-7-15-10-13(17)16-12-6-4-3-5-11(12)14/h1,3-6,15H,7-10H2,(H,16,17). The van der Waals surface area contributed by atoms with E-state index in [4.69, 9.17) is 6.42 Å². The first-order chi connectivity index (χ1) is 8.74. The Morgan fingerprint density at radius 2 is 2.22 bits per heavy atom. The van der Waals surface area contributed by atoms with Crippen LogP contribution in [-0.4, -0.2) is 30.5 Å². The predicted molar refractivity (Wildman–Crippen MR) is 74.1 cm³/mol. The van der Waals surface area contributed by atoms with Crippen LogP contribution in [0.1, 0.15) is 0 Å². The second-order valence-corrected chi connectivity index (χ2v) is 4.57. The van der Waals surface area contributed by atoms with Crippen molar-refractivity contribution in [2.24, 2.45) is 0 Å². The second kappa shape index (κ2) is 8.56. The summed E-state index contributed by atoms with van der Waals surface area (Å²) in [5.74, 6) is 3.34. The fraction of sp³-hybridized carbons (Fsp3) is 0.308. The Bertz CT molecular complexity index is 431. The Balaban J connectivity index is 2.19. The van der Waals surface area contributed by atoms with Crippen molar-refractivity contribution in [3.8, 4) is 12.3 Å².